The number of fused-ring (bicyclic) bond motifs is 1. The highest BCUT2D eigenvalue weighted by Gasteiger charge is 2.13. The molecule has 0 atom stereocenters. The van der Waals surface area contributed by atoms with E-state index in [1.54, 1.807) is 0 Å². The summed E-state index contributed by atoms with van der Waals surface area (Å²) in [6.45, 7) is 8.20. The normalized spacial score (nSPS) is 14.1. The molecule has 0 saturated heterocycles. The summed E-state index contributed by atoms with van der Waals surface area (Å²) in [6, 6.07) is 6.09. The average molecular weight is 260 g/mol. The zero-order valence-electron chi connectivity index (χ0n) is 12.0. The largest absolute Gasteiger partial charge is 0.385 e. The Morgan fingerprint density at radius 1 is 1.32 bits per heavy atom. The molecule has 0 spiro atoms. The van der Waals surface area contributed by atoms with E-state index >= 15 is 0 Å². The van der Waals surface area contributed by atoms with Gasteiger partial charge in [0, 0.05) is 30.8 Å². The summed E-state index contributed by atoms with van der Waals surface area (Å²) < 4.78 is 0. The van der Waals surface area contributed by atoms with Crippen LogP contribution in [0.5, 0.6) is 0 Å². The van der Waals surface area contributed by atoms with Gasteiger partial charge in [-0.25, -0.2) is 0 Å². The fourth-order valence-corrected chi connectivity index (χ4v) is 2.59. The van der Waals surface area contributed by atoms with Gasteiger partial charge in [-0.1, -0.05) is 13.8 Å². The third kappa shape index (κ3) is 3.57. The lowest BCUT2D eigenvalue weighted by Gasteiger charge is -2.19. The number of Topliss-reactive ketones (excluding diaryl/α,β-unsaturated/α-hetero) is 1. The molecule has 0 radical (unpaired) electrons. The summed E-state index contributed by atoms with van der Waals surface area (Å²) in [5.74, 6) is 0.264. The number of carbonyl (C=O) groups excluding carboxylic acids is 1. The van der Waals surface area contributed by atoms with Crippen LogP contribution in [0.4, 0.5) is 5.69 Å². The van der Waals surface area contributed by atoms with Gasteiger partial charge in [-0.2, -0.15) is 0 Å². The highest BCUT2D eigenvalue weighted by molar-refractivity contribution is 5.96. The van der Waals surface area contributed by atoms with Crippen LogP contribution in [-0.2, 0) is 6.42 Å². The van der Waals surface area contributed by atoms with Crippen molar-refractivity contribution < 1.29 is 4.79 Å². The lowest BCUT2D eigenvalue weighted by atomic mass is 9.98. The average Bonchev–Trinajstić information content (AvgIpc) is 2.47. The fourth-order valence-electron chi connectivity index (χ4n) is 2.59. The van der Waals surface area contributed by atoms with E-state index in [2.05, 4.69) is 36.2 Å². The van der Waals surface area contributed by atoms with Gasteiger partial charge in [0.15, 0.2) is 5.78 Å². The van der Waals surface area contributed by atoms with Crippen LogP contribution in [-0.4, -0.2) is 36.9 Å². The van der Waals surface area contributed by atoms with Crippen LogP contribution in [0.3, 0.4) is 0 Å². The Balaban J connectivity index is 1.99. The number of rotatable bonds is 6. The Bertz CT molecular complexity index is 438. The number of nitrogens with zero attached hydrogens (tertiary/aromatic N) is 1. The van der Waals surface area contributed by atoms with Gasteiger partial charge in [0.1, 0.15) is 0 Å². The maximum Gasteiger partial charge on any atom is 0.164 e. The molecule has 1 aromatic rings. The van der Waals surface area contributed by atoms with E-state index in [0.29, 0.717) is 6.42 Å². The van der Waals surface area contributed by atoms with Crippen LogP contribution in [0.25, 0.3) is 0 Å². The van der Waals surface area contributed by atoms with Gasteiger partial charge in [-0.05, 0) is 49.7 Å². The van der Waals surface area contributed by atoms with E-state index in [0.717, 1.165) is 44.6 Å². The number of carbonyl (C=O) groups is 1. The van der Waals surface area contributed by atoms with Crippen LogP contribution >= 0.6 is 0 Å². The van der Waals surface area contributed by atoms with E-state index in [9.17, 15) is 4.79 Å². The molecule has 19 heavy (non-hydrogen) atoms. The molecule has 2 rings (SSSR count). The van der Waals surface area contributed by atoms with Gasteiger partial charge in [-0.15, -0.1) is 0 Å². The lowest BCUT2D eigenvalue weighted by molar-refractivity contribution is 0.0966. The number of hydrogen-bond acceptors (Lipinski definition) is 3. The molecule has 1 aliphatic rings. The minimum Gasteiger partial charge on any atom is -0.385 e. The van der Waals surface area contributed by atoms with Crippen molar-refractivity contribution in [3.8, 4) is 0 Å². The third-order valence-electron chi connectivity index (χ3n) is 3.92. The summed E-state index contributed by atoms with van der Waals surface area (Å²) in [6.07, 6.45) is 2.86. The van der Waals surface area contributed by atoms with Crippen LogP contribution in [0.2, 0.25) is 0 Å². The molecule has 0 aromatic heterocycles. The Morgan fingerprint density at radius 3 is 2.84 bits per heavy atom. The Hall–Kier alpha value is -1.35. The molecule has 1 N–H and O–H groups in total. The van der Waals surface area contributed by atoms with Crippen molar-refractivity contribution in [3.63, 3.8) is 0 Å². The topological polar surface area (TPSA) is 32.3 Å². The molecule has 1 aromatic carbocycles. The van der Waals surface area contributed by atoms with Crippen LogP contribution in [0, 0.1) is 0 Å². The van der Waals surface area contributed by atoms with Gasteiger partial charge < -0.3 is 10.2 Å². The molecule has 3 heteroatoms. The fraction of sp³-hybridized carbons (Fsp3) is 0.562. The minimum absolute atomic E-state index is 0.264. The van der Waals surface area contributed by atoms with Crippen LogP contribution < -0.4 is 5.32 Å². The zero-order valence-corrected chi connectivity index (χ0v) is 12.0. The number of anilines is 1. The highest BCUT2D eigenvalue weighted by atomic mass is 16.1. The maximum atomic E-state index is 12.2. The molecule has 0 amide bonds. The zero-order chi connectivity index (χ0) is 13.7. The second kappa shape index (κ2) is 6.71. The summed E-state index contributed by atoms with van der Waals surface area (Å²) >= 11 is 0. The smallest absolute Gasteiger partial charge is 0.164 e. The summed E-state index contributed by atoms with van der Waals surface area (Å²) in [5.41, 5.74) is 3.36. The second-order valence-corrected chi connectivity index (χ2v) is 5.10. The summed E-state index contributed by atoms with van der Waals surface area (Å²) in [7, 11) is 0. The minimum atomic E-state index is 0.264. The van der Waals surface area contributed by atoms with Gasteiger partial charge in [0.2, 0.25) is 0 Å². The lowest BCUT2D eigenvalue weighted by Crippen LogP contribution is -2.25. The number of nitrogens with one attached hydrogen (secondary N) is 1. The van der Waals surface area contributed by atoms with E-state index in [1.807, 2.05) is 6.07 Å². The molecule has 0 aliphatic carbocycles. The molecule has 1 aliphatic heterocycles. The van der Waals surface area contributed by atoms with Gasteiger partial charge >= 0.3 is 0 Å². The van der Waals surface area contributed by atoms with Crippen molar-refractivity contribution in [1.29, 1.82) is 0 Å². The van der Waals surface area contributed by atoms with Crippen molar-refractivity contribution in [2.24, 2.45) is 0 Å². The van der Waals surface area contributed by atoms with E-state index in [-0.39, 0.29) is 5.78 Å². The van der Waals surface area contributed by atoms with Gasteiger partial charge in [0.25, 0.3) is 0 Å². The first-order valence-electron chi connectivity index (χ1n) is 7.37. The third-order valence-corrected chi connectivity index (χ3v) is 3.92. The molecule has 0 bridgehead atoms. The standard InChI is InChI=1S/C16H24N2O/c1-3-18(4-2)11-9-16(19)14-7-8-15-13(12-14)6-5-10-17-15/h7-8,12,17H,3-6,9-11H2,1-2H3. The predicted octanol–water partition coefficient (Wildman–Crippen LogP) is 2.96. The first-order valence-corrected chi connectivity index (χ1v) is 7.37. The van der Waals surface area contributed by atoms with E-state index < -0.39 is 0 Å². The predicted molar refractivity (Wildman–Crippen MR) is 80.0 cm³/mol. The quantitative estimate of drug-likeness (QED) is 0.798. The molecule has 1 heterocycles. The summed E-state index contributed by atoms with van der Waals surface area (Å²) in [5, 5.41) is 3.38. The van der Waals surface area contributed by atoms with E-state index in [4.69, 9.17) is 0 Å². The molecule has 104 valence electrons. The SMILES string of the molecule is CCN(CC)CCC(=O)c1ccc2c(c1)CCCN2. The monoisotopic (exact) mass is 260 g/mol. The number of ketones is 1. The van der Waals surface area contributed by atoms with Crippen molar-refractivity contribution in [2.75, 3.05) is 31.5 Å². The Kier molecular flexibility index (Phi) is 4.97. The van der Waals surface area contributed by atoms with Crippen LogP contribution in [0.1, 0.15) is 42.6 Å². The number of aryl methyl sites for hydroxylation is 1. The first kappa shape index (κ1) is 14.1. The molecular formula is C16H24N2O. The molecule has 0 unspecified atom stereocenters. The molecule has 0 fully saturated rings. The van der Waals surface area contributed by atoms with Gasteiger partial charge in [-0.3, -0.25) is 4.79 Å². The van der Waals surface area contributed by atoms with Crippen molar-refractivity contribution >= 4 is 11.5 Å². The first-order chi connectivity index (χ1) is 9.24. The molecular weight excluding hydrogens is 236 g/mol. The molecule has 0 saturated carbocycles. The van der Waals surface area contributed by atoms with Crippen molar-refractivity contribution in [1.82, 2.24) is 4.90 Å². The maximum absolute atomic E-state index is 12.2. The van der Waals surface area contributed by atoms with Crippen molar-refractivity contribution in [3.05, 3.63) is 29.3 Å². The van der Waals surface area contributed by atoms with Crippen LogP contribution in [0.15, 0.2) is 18.2 Å². The Morgan fingerprint density at radius 2 is 2.11 bits per heavy atom. The van der Waals surface area contributed by atoms with Gasteiger partial charge in [0.05, 0.1) is 0 Å². The second-order valence-electron chi connectivity index (χ2n) is 5.10. The van der Waals surface area contributed by atoms with E-state index in [1.165, 1.54) is 11.3 Å². The number of hydrogen-bond donors (Lipinski definition) is 1. The Labute approximate surface area is 116 Å². The summed E-state index contributed by atoms with van der Waals surface area (Å²) in [4.78, 5) is 14.5. The van der Waals surface area contributed by atoms with Crippen molar-refractivity contribution in [2.45, 2.75) is 33.1 Å². The molecule has 3 nitrogen and oxygen atoms in total. The number of benzene rings is 1. The highest BCUT2D eigenvalue weighted by Crippen LogP contribution is 2.23.